The predicted octanol–water partition coefficient (Wildman–Crippen LogP) is 6.89. The highest BCUT2D eigenvalue weighted by Gasteiger charge is 2.46. The van der Waals surface area contributed by atoms with Crippen LogP contribution in [-0.4, -0.2) is 86.1 Å². The maximum absolute atomic E-state index is 13.8. The Hall–Kier alpha value is -4.89. The van der Waals surface area contributed by atoms with Crippen LogP contribution >= 0.6 is 23.2 Å². The number of fused-ring (bicyclic) bond motifs is 2. The number of aryl methyl sites for hydroxylation is 2. The molecule has 2 amide bonds. The van der Waals surface area contributed by atoms with Crippen LogP contribution in [0.1, 0.15) is 48.6 Å². The highest BCUT2D eigenvalue weighted by atomic mass is 35.5. The fraction of sp³-hybridized carbons (Fsp3) is 0.359. The molecule has 3 N–H and O–H groups in total. The van der Waals surface area contributed by atoms with E-state index in [4.69, 9.17) is 32.9 Å². The van der Waals surface area contributed by atoms with Crippen molar-refractivity contribution < 1.29 is 23.4 Å². The molecule has 12 nitrogen and oxygen atoms in total. The van der Waals surface area contributed by atoms with Crippen molar-refractivity contribution in [1.29, 1.82) is 0 Å². The van der Waals surface area contributed by atoms with Crippen molar-refractivity contribution in [2.45, 2.75) is 43.7 Å². The average molecular weight is 792 g/mol. The number of hydrogen-bond acceptors (Lipinski definition) is 9. The maximum Gasteiger partial charge on any atom is 0.317 e. The van der Waals surface area contributed by atoms with Gasteiger partial charge in [-0.05, 0) is 49.4 Å². The molecule has 0 bridgehead atoms. The van der Waals surface area contributed by atoms with E-state index in [0.717, 1.165) is 60.6 Å². The number of aliphatic hydroxyl groups is 1. The molecule has 3 aromatic heterocycles. The van der Waals surface area contributed by atoms with Gasteiger partial charge in [0.1, 0.15) is 11.5 Å². The number of pyridine rings is 2. The van der Waals surface area contributed by atoms with Crippen molar-refractivity contribution in [3.05, 3.63) is 91.9 Å². The van der Waals surface area contributed by atoms with Crippen LogP contribution in [0, 0.1) is 0 Å². The van der Waals surface area contributed by atoms with Crippen LogP contribution in [0.3, 0.4) is 0 Å². The van der Waals surface area contributed by atoms with E-state index in [-0.39, 0.29) is 45.8 Å². The number of nitrogens with zero attached hydrogens (tertiary/aromatic N) is 6. The van der Waals surface area contributed by atoms with Gasteiger partial charge in [-0.1, -0.05) is 53.5 Å². The molecule has 286 valence electrons. The number of carbonyl (C=O) groups excluding carboxylic acids is 1. The molecular formula is C39H38Cl2F2N8O4. The third kappa shape index (κ3) is 6.64. The maximum atomic E-state index is 13.8. The molecule has 2 aliphatic heterocycles. The number of aromatic nitrogens is 4. The van der Waals surface area contributed by atoms with Gasteiger partial charge >= 0.3 is 6.03 Å². The summed E-state index contributed by atoms with van der Waals surface area (Å²) in [5.41, 5.74) is 3.66. The van der Waals surface area contributed by atoms with Crippen molar-refractivity contribution in [2.24, 2.45) is 7.05 Å². The van der Waals surface area contributed by atoms with Crippen molar-refractivity contribution in [2.75, 3.05) is 45.2 Å². The normalized spacial score (nSPS) is 19.7. The van der Waals surface area contributed by atoms with Crippen LogP contribution in [0.2, 0.25) is 10.0 Å². The van der Waals surface area contributed by atoms with Gasteiger partial charge in [-0.25, -0.2) is 28.2 Å². The summed E-state index contributed by atoms with van der Waals surface area (Å²) in [5, 5.41) is 20.5. The van der Waals surface area contributed by atoms with Gasteiger partial charge in [0.25, 0.3) is 12.0 Å². The molecule has 3 aliphatic rings. The average Bonchev–Trinajstić information content (AvgIpc) is 3.79. The van der Waals surface area contributed by atoms with E-state index in [1.165, 1.54) is 13.2 Å². The number of urea groups is 1. The zero-order chi connectivity index (χ0) is 38.6. The van der Waals surface area contributed by atoms with Gasteiger partial charge < -0.3 is 25.4 Å². The summed E-state index contributed by atoms with van der Waals surface area (Å²) in [6.45, 7) is 2.43. The second kappa shape index (κ2) is 14.6. The number of hydrogen-bond donors (Lipinski definition) is 3. The number of β-amino-alcohol motifs (C(OH)–C–C–N with tert-alkyl or cyclic N) is 1. The highest BCUT2D eigenvalue weighted by molar-refractivity contribution is 6.39. The molecule has 16 heteroatoms. The molecule has 2 saturated heterocycles. The van der Waals surface area contributed by atoms with Crippen LogP contribution in [0.15, 0.2) is 59.5 Å². The summed E-state index contributed by atoms with van der Waals surface area (Å²) in [5.74, 6) is 0.454. The summed E-state index contributed by atoms with van der Waals surface area (Å²) >= 11 is 14.2. The summed E-state index contributed by atoms with van der Waals surface area (Å²) in [7, 11) is 3.08. The summed E-state index contributed by atoms with van der Waals surface area (Å²) in [4.78, 5) is 39.0. The van der Waals surface area contributed by atoms with E-state index in [1.807, 2.05) is 18.2 Å². The Labute approximate surface area is 325 Å². The molecule has 0 saturated carbocycles. The van der Waals surface area contributed by atoms with E-state index in [0.29, 0.717) is 52.1 Å². The van der Waals surface area contributed by atoms with E-state index in [1.54, 1.807) is 30.2 Å². The van der Waals surface area contributed by atoms with Gasteiger partial charge in [0, 0.05) is 66.9 Å². The summed E-state index contributed by atoms with van der Waals surface area (Å²) in [6, 6.07) is 13.9. The number of carbonyl (C=O) groups is 1. The topological polar surface area (TPSA) is 138 Å². The summed E-state index contributed by atoms with van der Waals surface area (Å²) < 4.78 is 34.7. The second-order valence-electron chi connectivity index (χ2n) is 14.2. The standard InChI is InChI=1S/C39H38Cl2F2N8O4/c1-49-37(53)31-22(19-44-49)18-28(34(42)43)46-35(31)45-26-8-4-6-24(33(26)41)23-5-3-7-25(32(23)40)27-17-21-9-10-29(30(21)36(47-27)55-2)51-14-12-39(20-51)11-13-50(15-16-52)38(54)48-39/h3-8,17-19,29,34,52H,9-16,20H2,1-2H3,(H,45,46)(H,48,54). The van der Waals surface area contributed by atoms with Crippen molar-refractivity contribution in [1.82, 2.24) is 34.9 Å². The second-order valence-corrected chi connectivity index (χ2v) is 15.0. The van der Waals surface area contributed by atoms with Crippen molar-refractivity contribution in [3.63, 3.8) is 0 Å². The third-order valence-electron chi connectivity index (χ3n) is 11.0. The van der Waals surface area contributed by atoms with E-state index >= 15 is 0 Å². The van der Waals surface area contributed by atoms with Gasteiger partial charge in [-0.3, -0.25) is 9.69 Å². The number of ether oxygens (including phenoxy) is 1. The molecule has 1 aliphatic carbocycles. The Kier molecular flexibility index (Phi) is 9.86. The van der Waals surface area contributed by atoms with E-state index in [9.17, 15) is 23.5 Å². The first-order chi connectivity index (χ1) is 26.5. The summed E-state index contributed by atoms with van der Waals surface area (Å²) in [6.07, 6.45) is 1.83. The number of likely N-dealkylation sites (tertiary alicyclic amines) is 1. The molecule has 2 unspecified atom stereocenters. The van der Waals surface area contributed by atoms with Crippen LogP contribution in [-0.2, 0) is 13.5 Å². The smallest absolute Gasteiger partial charge is 0.317 e. The van der Waals surface area contributed by atoms with Gasteiger partial charge in [0.15, 0.2) is 0 Å². The number of amides is 2. The first-order valence-electron chi connectivity index (χ1n) is 18.0. The Morgan fingerprint density at radius 2 is 1.80 bits per heavy atom. The fourth-order valence-corrected chi connectivity index (χ4v) is 8.85. The Morgan fingerprint density at radius 1 is 1.05 bits per heavy atom. The Bertz CT molecular complexity index is 2400. The Morgan fingerprint density at radius 3 is 2.55 bits per heavy atom. The Balaban J connectivity index is 1.09. The number of aliphatic hydroxyl groups excluding tert-OH is 1. The lowest BCUT2D eigenvalue weighted by Gasteiger charge is -2.40. The van der Waals surface area contributed by atoms with Crippen LogP contribution in [0.25, 0.3) is 33.2 Å². The van der Waals surface area contributed by atoms with Crippen LogP contribution < -0.4 is 20.9 Å². The monoisotopic (exact) mass is 790 g/mol. The molecule has 55 heavy (non-hydrogen) atoms. The van der Waals surface area contributed by atoms with E-state index < -0.39 is 17.7 Å². The molecule has 8 rings (SSSR count). The van der Waals surface area contributed by atoms with Gasteiger partial charge in [-0.2, -0.15) is 5.10 Å². The molecule has 5 heterocycles. The van der Waals surface area contributed by atoms with Crippen LogP contribution in [0.4, 0.5) is 25.1 Å². The minimum atomic E-state index is -2.88. The lowest BCUT2D eigenvalue weighted by molar-refractivity contribution is 0.127. The first kappa shape index (κ1) is 37.1. The minimum Gasteiger partial charge on any atom is -0.481 e. The number of nitrogens with one attached hydrogen (secondary N) is 2. The molecular weight excluding hydrogens is 753 g/mol. The lowest BCUT2D eigenvalue weighted by atomic mass is 9.92. The molecule has 0 radical (unpaired) electrons. The zero-order valence-electron chi connectivity index (χ0n) is 30.1. The quantitative estimate of drug-likeness (QED) is 0.146. The van der Waals surface area contributed by atoms with Crippen molar-refractivity contribution in [3.8, 4) is 28.3 Å². The van der Waals surface area contributed by atoms with Crippen LogP contribution in [0.5, 0.6) is 5.88 Å². The zero-order valence-corrected chi connectivity index (χ0v) is 31.6. The fourth-order valence-electron chi connectivity index (χ4n) is 8.25. The molecule has 2 fully saturated rings. The minimum absolute atomic E-state index is 0.0604. The van der Waals surface area contributed by atoms with Crippen molar-refractivity contribution >= 4 is 51.5 Å². The van der Waals surface area contributed by atoms with Gasteiger partial charge in [-0.15, -0.1) is 0 Å². The molecule has 5 aromatic rings. The largest absolute Gasteiger partial charge is 0.481 e. The SMILES string of the molecule is COc1nc(-c2cccc(-c3cccc(Nc4nc(C(F)F)cc5cnn(C)c(=O)c45)c3Cl)c2Cl)cc2c1C(N1CCC3(CCN(CCO)C(=O)N3)C1)CC2. The van der Waals surface area contributed by atoms with Gasteiger partial charge in [0.2, 0.25) is 5.88 Å². The molecule has 2 aromatic carbocycles. The van der Waals surface area contributed by atoms with E-state index in [2.05, 4.69) is 31.7 Å². The highest BCUT2D eigenvalue weighted by Crippen LogP contribution is 2.47. The number of methoxy groups -OCH3 is 1. The predicted molar refractivity (Wildman–Crippen MR) is 206 cm³/mol. The molecule has 2 atom stereocenters. The first-order valence-corrected chi connectivity index (χ1v) is 18.8. The molecule has 1 spiro atoms. The lowest BCUT2D eigenvalue weighted by Crippen LogP contribution is -2.61. The number of alkyl halides is 2. The van der Waals surface area contributed by atoms with Gasteiger partial charge in [0.05, 0.1) is 52.3 Å². The third-order valence-corrected chi connectivity index (χ3v) is 11.8. The number of rotatable bonds is 9. The number of benzene rings is 2. The number of halogens is 4. The number of anilines is 2.